The number of nitrogens with one attached hydrogen (secondary N) is 1. The molecule has 1 aromatic heterocycles. The fourth-order valence-corrected chi connectivity index (χ4v) is 1.77. The van der Waals surface area contributed by atoms with E-state index in [2.05, 4.69) is 36.1 Å². The van der Waals surface area contributed by atoms with Crippen molar-refractivity contribution in [2.24, 2.45) is 11.1 Å². The van der Waals surface area contributed by atoms with Crippen LogP contribution in [-0.2, 0) is 0 Å². The molecule has 6 heteroatoms. The third-order valence-electron chi connectivity index (χ3n) is 2.49. The van der Waals surface area contributed by atoms with Crippen LogP contribution in [0.5, 0.6) is 11.8 Å². The van der Waals surface area contributed by atoms with Gasteiger partial charge in [-0.3, -0.25) is 0 Å². The lowest BCUT2D eigenvalue weighted by Gasteiger charge is -2.23. The first-order valence-corrected chi connectivity index (χ1v) is 6.30. The van der Waals surface area contributed by atoms with Gasteiger partial charge in [0.15, 0.2) is 0 Å². The van der Waals surface area contributed by atoms with Crippen molar-refractivity contribution in [2.75, 3.05) is 26.1 Å². The topological polar surface area (TPSA) is 82.3 Å². The molecule has 1 rings (SSSR count). The largest absolute Gasteiger partial charge is 0.481 e. The Morgan fingerprint density at radius 1 is 1.21 bits per heavy atom. The molecule has 1 unspecified atom stereocenters. The number of nitrogens with zero attached hydrogens (tertiary/aromatic N) is 2. The molecule has 0 spiro atoms. The molecule has 0 saturated heterocycles. The van der Waals surface area contributed by atoms with Crippen LogP contribution in [0.25, 0.3) is 0 Å². The Balaban J connectivity index is 2.62. The summed E-state index contributed by atoms with van der Waals surface area (Å²) < 4.78 is 10.2. The summed E-state index contributed by atoms with van der Waals surface area (Å²) in [6.07, 6.45) is 0.918. The number of rotatable bonds is 6. The predicted molar refractivity (Wildman–Crippen MR) is 75.7 cm³/mol. The van der Waals surface area contributed by atoms with Gasteiger partial charge in [-0.1, -0.05) is 20.8 Å². The second kappa shape index (κ2) is 6.56. The van der Waals surface area contributed by atoms with Gasteiger partial charge >= 0.3 is 0 Å². The van der Waals surface area contributed by atoms with Crippen molar-refractivity contribution in [2.45, 2.75) is 33.2 Å². The number of methoxy groups -OCH3 is 2. The molecule has 0 amide bonds. The van der Waals surface area contributed by atoms with Crippen LogP contribution in [0.4, 0.5) is 5.95 Å². The van der Waals surface area contributed by atoms with Gasteiger partial charge in [0.1, 0.15) is 0 Å². The molecule has 0 aliphatic carbocycles. The van der Waals surface area contributed by atoms with Crippen LogP contribution in [0.1, 0.15) is 27.2 Å². The van der Waals surface area contributed by atoms with Crippen molar-refractivity contribution < 1.29 is 9.47 Å². The molecule has 0 aromatic carbocycles. The molecule has 1 atom stereocenters. The summed E-state index contributed by atoms with van der Waals surface area (Å²) >= 11 is 0. The van der Waals surface area contributed by atoms with E-state index in [0.29, 0.717) is 24.3 Å². The lowest BCUT2D eigenvalue weighted by Crippen LogP contribution is -2.33. The quantitative estimate of drug-likeness (QED) is 0.816. The van der Waals surface area contributed by atoms with E-state index in [1.165, 1.54) is 0 Å². The summed E-state index contributed by atoms with van der Waals surface area (Å²) in [7, 11) is 3.10. The summed E-state index contributed by atoms with van der Waals surface area (Å²) in [4.78, 5) is 8.38. The highest BCUT2D eigenvalue weighted by molar-refractivity contribution is 5.33. The van der Waals surface area contributed by atoms with Crippen molar-refractivity contribution in [3.8, 4) is 11.8 Å². The molecule has 0 bridgehead atoms. The van der Waals surface area contributed by atoms with E-state index < -0.39 is 0 Å². The Morgan fingerprint density at radius 3 is 2.16 bits per heavy atom. The molecule has 0 saturated carbocycles. The molecule has 19 heavy (non-hydrogen) atoms. The summed E-state index contributed by atoms with van der Waals surface area (Å²) in [5.74, 6) is 1.37. The maximum atomic E-state index is 6.07. The van der Waals surface area contributed by atoms with E-state index in [9.17, 15) is 0 Å². The highest BCUT2D eigenvalue weighted by Crippen LogP contribution is 2.20. The Labute approximate surface area is 114 Å². The van der Waals surface area contributed by atoms with Gasteiger partial charge in [-0.2, -0.15) is 9.97 Å². The van der Waals surface area contributed by atoms with Gasteiger partial charge < -0.3 is 20.5 Å². The lowest BCUT2D eigenvalue weighted by molar-refractivity contribution is 0.344. The van der Waals surface area contributed by atoms with Gasteiger partial charge in [-0.25, -0.2) is 0 Å². The molecule has 0 radical (unpaired) electrons. The maximum Gasteiger partial charge on any atom is 0.229 e. The van der Waals surface area contributed by atoms with Crippen LogP contribution in [0.2, 0.25) is 0 Å². The predicted octanol–water partition coefficient (Wildman–Crippen LogP) is 1.67. The molecule has 3 N–H and O–H groups in total. The van der Waals surface area contributed by atoms with Crippen LogP contribution in [-0.4, -0.2) is 36.8 Å². The molecule has 1 aromatic rings. The maximum absolute atomic E-state index is 6.07. The number of aromatic nitrogens is 2. The Hall–Kier alpha value is -1.56. The molecule has 0 fully saturated rings. The first-order chi connectivity index (χ1) is 8.84. The molecular formula is C13H24N4O2. The molecule has 0 aliphatic rings. The van der Waals surface area contributed by atoms with E-state index in [1.807, 2.05) is 0 Å². The summed E-state index contributed by atoms with van der Waals surface area (Å²) in [5.41, 5.74) is 6.27. The van der Waals surface area contributed by atoms with E-state index in [-0.39, 0.29) is 11.5 Å². The summed E-state index contributed by atoms with van der Waals surface area (Å²) in [6, 6.07) is 1.67. The van der Waals surface area contributed by atoms with Crippen LogP contribution in [0, 0.1) is 5.41 Å². The SMILES string of the molecule is COc1cc(OC)nc(NCC(N)CC(C)(C)C)n1. The zero-order chi connectivity index (χ0) is 14.5. The van der Waals surface area contributed by atoms with E-state index in [4.69, 9.17) is 15.2 Å². The molecule has 108 valence electrons. The highest BCUT2D eigenvalue weighted by Gasteiger charge is 2.16. The number of anilines is 1. The van der Waals surface area contributed by atoms with Crippen molar-refractivity contribution in [3.63, 3.8) is 0 Å². The minimum atomic E-state index is 0.0424. The lowest BCUT2D eigenvalue weighted by atomic mass is 9.88. The van der Waals surface area contributed by atoms with E-state index in [0.717, 1.165) is 6.42 Å². The van der Waals surface area contributed by atoms with Gasteiger partial charge in [0.25, 0.3) is 0 Å². The van der Waals surface area contributed by atoms with Gasteiger partial charge in [0, 0.05) is 12.6 Å². The monoisotopic (exact) mass is 268 g/mol. The van der Waals surface area contributed by atoms with Crippen molar-refractivity contribution in [3.05, 3.63) is 6.07 Å². The number of nitrogens with two attached hydrogens (primary N) is 1. The number of ether oxygens (including phenoxy) is 2. The van der Waals surface area contributed by atoms with Crippen LogP contribution < -0.4 is 20.5 Å². The van der Waals surface area contributed by atoms with Gasteiger partial charge in [0.05, 0.1) is 20.3 Å². The third kappa shape index (κ3) is 5.74. The van der Waals surface area contributed by atoms with Crippen molar-refractivity contribution in [1.29, 1.82) is 0 Å². The highest BCUT2D eigenvalue weighted by atomic mass is 16.5. The van der Waals surface area contributed by atoms with Crippen molar-refractivity contribution >= 4 is 5.95 Å². The van der Waals surface area contributed by atoms with Crippen LogP contribution >= 0.6 is 0 Å². The summed E-state index contributed by atoms with van der Waals surface area (Å²) in [5, 5.41) is 3.11. The first kappa shape index (κ1) is 15.5. The average Bonchev–Trinajstić information content (AvgIpc) is 2.33. The Morgan fingerprint density at radius 2 is 1.74 bits per heavy atom. The van der Waals surface area contributed by atoms with E-state index >= 15 is 0 Å². The zero-order valence-corrected chi connectivity index (χ0v) is 12.4. The smallest absolute Gasteiger partial charge is 0.229 e. The van der Waals surface area contributed by atoms with Gasteiger partial charge in [0.2, 0.25) is 17.7 Å². The first-order valence-electron chi connectivity index (χ1n) is 6.30. The number of hydrogen-bond acceptors (Lipinski definition) is 6. The second-order valence-corrected chi connectivity index (χ2v) is 5.68. The Kier molecular flexibility index (Phi) is 5.35. The van der Waals surface area contributed by atoms with E-state index in [1.54, 1.807) is 20.3 Å². The zero-order valence-electron chi connectivity index (χ0n) is 12.4. The van der Waals surface area contributed by atoms with Gasteiger partial charge in [-0.15, -0.1) is 0 Å². The molecule has 1 heterocycles. The fourth-order valence-electron chi connectivity index (χ4n) is 1.77. The molecule has 6 nitrogen and oxygen atoms in total. The third-order valence-corrected chi connectivity index (χ3v) is 2.49. The molecule has 0 aliphatic heterocycles. The second-order valence-electron chi connectivity index (χ2n) is 5.68. The normalized spacial score (nSPS) is 12.9. The standard InChI is InChI=1S/C13H24N4O2/c1-13(2,3)7-9(14)8-15-12-16-10(18-4)6-11(17-12)19-5/h6,9H,7-8,14H2,1-5H3,(H,15,16,17). The minimum Gasteiger partial charge on any atom is -0.481 e. The van der Waals surface area contributed by atoms with Crippen molar-refractivity contribution in [1.82, 2.24) is 9.97 Å². The molecular weight excluding hydrogens is 244 g/mol. The fraction of sp³-hybridized carbons (Fsp3) is 0.692. The van der Waals surface area contributed by atoms with Crippen LogP contribution in [0.3, 0.4) is 0 Å². The van der Waals surface area contributed by atoms with Crippen LogP contribution in [0.15, 0.2) is 6.07 Å². The van der Waals surface area contributed by atoms with Gasteiger partial charge in [-0.05, 0) is 11.8 Å². The minimum absolute atomic E-state index is 0.0424. The average molecular weight is 268 g/mol. The Bertz CT molecular complexity index is 382. The summed E-state index contributed by atoms with van der Waals surface area (Å²) in [6.45, 7) is 7.10. The number of hydrogen-bond donors (Lipinski definition) is 2.